The van der Waals surface area contributed by atoms with Gasteiger partial charge in [0.25, 0.3) is 5.91 Å². The highest BCUT2D eigenvalue weighted by atomic mass is 19.1. The van der Waals surface area contributed by atoms with Crippen molar-refractivity contribution < 1.29 is 14.0 Å². The van der Waals surface area contributed by atoms with E-state index in [-0.39, 0.29) is 16.9 Å². The van der Waals surface area contributed by atoms with Crippen LogP contribution >= 0.6 is 0 Å². The van der Waals surface area contributed by atoms with Crippen molar-refractivity contribution in [3.63, 3.8) is 0 Å². The van der Waals surface area contributed by atoms with Crippen LogP contribution in [0, 0.1) is 5.82 Å². The number of halogens is 1. The second kappa shape index (κ2) is 10.7. The molecule has 7 nitrogen and oxygen atoms in total. The Hall–Kier alpha value is -3.68. The summed E-state index contributed by atoms with van der Waals surface area (Å²) in [5.41, 5.74) is 1.72. The Balaban J connectivity index is 1.54. The van der Waals surface area contributed by atoms with Gasteiger partial charge in [0.2, 0.25) is 11.3 Å². The number of piperazine rings is 1. The molecule has 2 heterocycles. The molecule has 1 saturated heterocycles. The fourth-order valence-electron chi connectivity index (χ4n) is 4.56. The molecule has 2 aromatic carbocycles. The fraction of sp³-hybridized carbons (Fsp3) is 0.370. The van der Waals surface area contributed by atoms with E-state index in [0.29, 0.717) is 50.5 Å². The van der Waals surface area contributed by atoms with Crippen molar-refractivity contribution in [3.8, 4) is 0 Å². The zero-order valence-corrected chi connectivity index (χ0v) is 20.2. The van der Waals surface area contributed by atoms with Crippen molar-refractivity contribution in [2.45, 2.75) is 33.2 Å². The molecule has 2 amide bonds. The SMILES string of the molecule is CCn1cc(C(=O)NCCCc2ccccc2)c(=O)c2cc(F)c(N3CCN(C(C)=O)CC3)cc21. The zero-order chi connectivity index (χ0) is 24.9. The molecule has 0 unspecified atom stereocenters. The van der Waals surface area contributed by atoms with Crippen LogP contribution in [0.1, 0.15) is 36.2 Å². The van der Waals surface area contributed by atoms with Crippen molar-refractivity contribution in [1.29, 1.82) is 0 Å². The number of aryl methyl sites for hydroxylation is 2. The molecule has 184 valence electrons. The Morgan fingerprint density at radius 1 is 1.06 bits per heavy atom. The smallest absolute Gasteiger partial charge is 0.256 e. The van der Waals surface area contributed by atoms with E-state index in [1.54, 1.807) is 17.2 Å². The molecule has 4 rings (SSSR count). The summed E-state index contributed by atoms with van der Waals surface area (Å²) in [5.74, 6) is -0.944. The first-order valence-electron chi connectivity index (χ1n) is 12.1. The van der Waals surface area contributed by atoms with Gasteiger partial charge in [-0.25, -0.2) is 4.39 Å². The van der Waals surface area contributed by atoms with E-state index >= 15 is 4.39 Å². The molecule has 0 radical (unpaired) electrons. The first kappa shape index (κ1) is 24.4. The van der Waals surface area contributed by atoms with Crippen LogP contribution in [0.15, 0.2) is 53.5 Å². The zero-order valence-electron chi connectivity index (χ0n) is 20.2. The molecular formula is C27H31FN4O3. The van der Waals surface area contributed by atoms with Gasteiger partial charge in [-0.2, -0.15) is 0 Å². The van der Waals surface area contributed by atoms with E-state index in [9.17, 15) is 14.4 Å². The monoisotopic (exact) mass is 478 g/mol. The number of carbonyl (C=O) groups is 2. The predicted molar refractivity (Wildman–Crippen MR) is 135 cm³/mol. The molecule has 1 aliphatic rings. The van der Waals surface area contributed by atoms with Gasteiger partial charge in [0.15, 0.2) is 0 Å². The molecule has 0 spiro atoms. The van der Waals surface area contributed by atoms with E-state index in [4.69, 9.17) is 0 Å². The maximum Gasteiger partial charge on any atom is 0.256 e. The predicted octanol–water partition coefficient (Wildman–Crippen LogP) is 3.19. The molecule has 1 aromatic heterocycles. The molecule has 1 fully saturated rings. The first-order valence-corrected chi connectivity index (χ1v) is 12.1. The topological polar surface area (TPSA) is 74.7 Å². The van der Waals surface area contributed by atoms with Crippen LogP contribution in [0.3, 0.4) is 0 Å². The number of nitrogens with one attached hydrogen (secondary N) is 1. The minimum absolute atomic E-state index is 0.00864. The van der Waals surface area contributed by atoms with Gasteiger partial charge >= 0.3 is 0 Å². The molecule has 1 N–H and O–H groups in total. The summed E-state index contributed by atoms with van der Waals surface area (Å²) >= 11 is 0. The molecule has 3 aromatic rings. The third kappa shape index (κ3) is 5.37. The summed E-state index contributed by atoms with van der Waals surface area (Å²) in [7, 11) is 0. The Bertz CT molecular complexity index is 1280. The van der Waals surface area contributed by atoms with Crippen molar-refractivity contribution in [2.75, 3.05) is 37.6 Å². The van der Waals surface area contributed by atoms with Gasteiger partial charge in [-0.1, -0.05) is 30.3 Å². The van der Waals surface area contributed by atoms with E-state index in [1.807, 2.05) is 46.7 Å². The van der Waals surface area contributed by atoms with Crippen molar-refractivity contribution in [3.05, 3.63) is 75.8 Å². The van der Waals surface area contributed by atoms with Gasteiger partial charge in [0, 0.05) is 57.8 Å². The molecule has 0 bridgehead atoms. The second-order valence-corrected chi connectivity index (χ2v) is 8.82. The van der Waals surface area contributed by atoms with Gasteiger partial charge in [0.05, 0.1) is 11.2 Å². The normalized spacial score (nSPS) is 13.8. The van der Waals surface area contributed by atoms with Crippen molar-refractivity contribution in [2.24, 2.45) is 0 Å². The Morgan fingerprint density at radius 2 is 1.77 bits per heavy atom. The number of aromatic nitrogens is 1. The number of rotatable bonds is 7. The van der Waals surface area contributed by atoms with Gasteiger partial charge in [0.1, 0.15) is 11.4 Å². The highest BCUT2D eigenvalue weighted by molar-refractivity contribution is 5.97. The van der Waals surface area contributed by atoms with E-state index in [2.05, 4.69) is 5.32 Å². The molecule has 35 heavy (non-hydrogen) atoms. The van der Waals surface area contributed by atoms with Gasteiger partial charge in [-0.05, 0) is 37.5 Å². The van der Waals surface area contributed by atoms with Crippen LogP contribution in [-0.4, -0.2) is 54.0 Å². The lowest BCUT2D eigenvalue weighted by Crippen LogP contribution is -2.48. The van der Waals surface area contributed by atoms with Crippen LogP contribution in [0.2, 0.25) is 0 Å². The van der Waals surface area contributed by atoms with E-state index in [0.717, 1.165) is 12.8 Å². The minimum atomic E-state index is -0.506. The molecule has 0 saturated carbocycles. The van der Waals surface area contributed by atoms with Crippen molar-refractivity contribution in [1.82, 2.24) is 14.8 Å². The number of anilines is 1. The maximum absolute atomic E-state index is 15.1. The third-order valence-corrected chi connectivity index (χ3v) is 6.57. The lowest BCUT2D eigenvalue weighted by Gasteiger charge is -2.36. The Kier molecular flexibility index (Phi) is 7.48. The number of pyridine rings is 1. The van der Waals surface area contributed by atoms with Crippen LogP contribution in [0.5, 0.6) is 0 Å². The lowest BCUT2D eigenvalue weighted by molar-refractivity contribution is -0.129. The third-order valence-electron chi connectivity index (χ3n) is 6.57. The summed E-state index contributed by atoms with van der Waals surface area (Å²) in [4.78, 5) is 41.2. The summed E-state index contributed by atoms with van der Waals surface area (Å²) < 4.78 is 17.0. The summed E-state index contributed by atoms with van der Waals surface area (Å²) in [6.07, 6.45) is 3.14. The van der Waals surface area contributed by atoms with Crippen LogP contribution in [0.4, 0.5) is 10.1 Å². The average Bonchev–Trinajstić information content (AvgIpc) is 2.87. The van der Waals surface area contributed by atoms with E-state index < -0.39 is 17.2 Å². The number of hydrogen-bond donors (Lipinski definition) is 1. The minimum Gasteiger partial charge on any atom is -0.366 e. The molecule has 8 heteroatoms. The maximum atomic E-state index is 15.1. The van der Waals surface area contributed by atoms with Gasteiger partial charge in [-0.3, -0.25) is 14.4 Å². The van der Waals surface area contributed by atoms with Crippen LogP contribution in [-0.2, 0) is 17.8 Å². The van der Waals surface area contributed by atoms with Crippen LogP contribution < -0.4 is 15.6 Å². The second-order valence-electron chi connectivity index (χ2n) is 8.82. The first-order chi connectivity index (χ1) is 16.9. The molecule has 0 atom stereocenters. The van der Waals surface area contributed by atoms with Gasteiger partial charge < -0.3 is 19.7 Å². The lowest BCUT2D eigenvalue weighted by atomic mass is 10.1. The highest BCUT2D eigenvalue weighted by Crippen LogP contribution is 2.26. The van der Waals surface area contributed by atoms with Gasteiger partial charge in [-0.15, -0.1) is 0 Å². The van der Waals surface area contributed by atoms with Crippen LogP contribution in [0.25, 0.3) is 10.9 Å². The number of benzene rings is 2. The number of amides is 2. The number of hydrogen-bond acceptors (Lipinski definition) is 4. The Labute approximate surface area is 204 Å². The molecule has 1 aliphatic heterocycles. The molecular weight excluding hydrogens is 447 g/mol. The number of fused-ring (bicyclic) bond motifs is 1. The summed E-state index contributed by atoms with van der Waals surface area (Å²) in [5, 5.41) is 3.02. The fourth-order valence-corrected chi connectivity index (χ4v) is 4.56. The average molecular weight is 479 g/mol. The van der Waals surface area contributed by atoms with Crippen molar-refractivity contribution >= 4 is 28.4 Å². The quantitative estimate of drug-likeness (QED) is 0.530. The van der Waals surface area contributed by atoms with E-state index in [1.165, 1.54) is 18.6 Å². The summed E-state index contributed by atoms with van der Waals surface area (Å²) in [6.45, 7) is 6.49. The number of nitrogens with zero attached hydrogens (tertiary/aromatic N) is 3. The number of carbonyl (C=O) groups excluding carboxylic acids is 2. The largest absolute Gasteiger partial charge is 0.366 e. The standard InChI is InChI=1S/C27H31FN4O3/c1-3-30-18-22(27(35)29-11-7-10-20-8-5-4-6-9-20)26(34)21-16-23(28)25(17-24(21)30)32-14-12-31(13-15-32)19(2)33/h4-6,8-9,16-18H,3,7,10-15H2,1-2H3,(H,29,35). The Morgan fingerprint density at radius 3 is 2.43 bits per heavy atom. The summed E-state index contributed by atoms with van der Waals surface area (Å²) in [6, 6.07) is 12.9. The molecule has 0 aliphatic carbocycles. The highest BCUT2D eigenvalue weighted by Gasteiger charge is 2.23.